The molecule has 0 rings (SSSR count). The number of nitrogens with one attached hydrogen (secondary N) is 1. The first-order valence-corrected chi connectivity index (χ1v) is 12.1. The largest absolute Gasteiger partial charge is 0.480 e. The quantitative estimate of drug-likeness (QED) is 0.171. The molecular weight excluding hydrogens is 369 g/mol. The monoisotopic (exact) mass is 409 g/mol. The van der Waals surface area contributed by atoms with Crippen LogP contribution in [0.25, 0.3) is 0 Å². The summed E-state index contributed by atoms with van der Waals surface area (Å²) in [6, 6.07) is -1.10. The van der Waals surface area contributed by atoms with Gasteiger partial charge in [0.2, 0.25) is 0 Å². The fourth-order valence-corrected chi connectivity index (χ4v) is 3.33. The number of carboxylic acids is 1. The predicted molar refractivity (Wildman–Crippen MR) is 108 cm³/mol. The molecule has 1 atom stereocenters. The molecule has 8 heteroatoms. The van der Waals surface area contributed by atoms with E-state index in [0.29, 0.717) is 6.54 Å². The third-order valence-electron chi connectivity index (χ3n) is 4.63. The van der Waals surface area contributed by atoms with Gasteiger partial charge in [0.25, 0.3) is 0 Å². The second kappa shape index (κ2) is 17.6. The van der Waals surface area contributed by atoms with Gasteiger partial charge in [0.05, 0.1) is 6.61 Å². The van der Waals surface area contributed by atoms with Crippen LogP contribution in [0.1, 0.15) is 96.8 Å². The molecule has 0 spiro atoms. The molecule has 0 aliphatic rings. The maximum absolute atomic E-state index is 11.0. The molecule has 0 aromatic carbocycles. The molecule has 4 N–H and O–H groups in total. The van der Waals surface area contributed by atoms with Gasteiger partial charge in [-0.05, 0) is 13.0 Å². The minimum Gasteiger partial charge on any atom is -0.480 e. The Bertz CT molecular complexity index is 402. The number of carboxylic acid groups (broad SMARTS) is 1. The predicted octanol–water partition coefficient (Wildman–Crippen LogP) is 4.62. The van der Waals surface area contributed by atoms with Crippen molar-refractivity contribution in [2.45, 2.75) is 103 Å². The molecule has 0 aliphatic carbocycles. The van der Waals surface area contributed by atoms with Gasteiger partial charge in [0.15, 0.2) is 0 Å². The van der Waals surface area contributed by atoms with Gasteiger partial charge in [-0.15, -0.1) is 0 Å². The van der Waals surface area contributed by atoms with E-state index in [9.17, 15) is 9.36 Å². The van der Waals surface area contributed by atoms with Gasteiger partial charge in [-0.2, -0.15) is 0 Å². The van der Waals surface area contributed by atoms with E-state index in [1.54, 1.807) is 0 Å². The zero-order chi connectivity index (χ0) is 20.4. The molecule has 7 nitrogen and oxygen atoms in total. The lowest BCUT2D eigenvalue weighted by Gasteiger charge is -2.14. The number of phosphoric acid groups is 1. The van der Waals surface area contributed by atoms with Gasteiger partial charge in [0.1, 0.15) is 6.04 Å². The highest BCUT2D eigenvalue weighted by atomic mass is 31.2. The molecular formula is C19H40NO6P. The average molecular weight is 410 g/mol. The molecule has 27 heavy (non-hydrogen) atoms. The van der Waals surface area contributed by atoms with E-state index >= 15 is 0 Å². The maximum atomic E-state index is 11.0. The van der Waals surface area contributed by atoms with Crippen molar-refractivity contribution < 1.29 is 28.8 Å². The van der Waals surface area contributed by atoms with Crippen molar-refractivity contribution in [2.24, 2.45) is 0 Å². The Kier molecular flexibility index (Phi) is 17.3. The van der Waals surface area contributed by atoms with Crippen molar-refractivity contribution >= 4 is 13.8 Å². The van der Waals surface area contributed by atoms with Crippen LogP contribution in [-0.4, -0.2) is 40.1 Å². The van der Waals surface area contributed by atoms with E-state index < -0.39 is 26.4 Å². The number of phosphoric ester groups is 1. The minimum absolute atomic E-state index is 0.500. The number of hydrogen-bond donors (Lipinski definition) is 4. The van der Waals surface area contributed by atoms with E-state index in [1.165, 1.54) is 70.6 Å². The molecule has 1 unspecified atom stereocenters. The molecule has 0 radical (unpaired) electrons. The van der Waals surface area contributed by atoms with Crippen molar-refractivity contribution in [3.63, 3.8) is 0 Å². The molecule has 0 aromatic rings. The highest BCUT2D eigenvalue weighted by molar-refractivity contribution is 7.46. The summed E-state index contributed by atoms with van der Waals surface area (Å²) in [4.78, 5) is 28.2. The Morgan fingerprint density at radius 3 is 1.63 bits per heavy atom. The van der Waals surface area contributed by atoms with Gasteiger partial charge in [-0.1, -0.05) is 90.4 Å². The van der Waals surface area contributed by atoms with Gasteiger partial charge in [-0.25, -0.2) is 4.57 Å². The Labute approximate surface area is 164 Å². The molecule has 162 valence electrons. The number of carbonyl (C=O) groups is 1. The fraction of sp³-hybridized carbons (Fsp3) is 0.947. The lowest BCUT2D eigenvalue weighted by molar-refractivity contribution is -0.140. The van der Waals surface area contributed by atoms with E-state index in [-0.39, 0.29) is 0 Å². The summed E-state index contributed by atoms with van der Waals surface area (Å²) in [5.74, 6) is -1.17. The van der Waals surface area contributed by atoms with E-state index in [1.807, 2.05) is 0 Å². The SMILES string of the molecule is CCCCCCCCCCCCCCCCNC(COP(=O)(O)O)C(=O)O. The minimum atomic E-state index is -4.64. The van der Waals surface area contributed by atoms with E-state index in [0.717, 1.165) is 19.3 Å². The Balaban J connectivity index is 3.40. The van der Waals surface area contributed by atoms with Crippen molar-refractivity contribution in [3.05, 3.63) is 0 Å². The molecule has 0 saturated heterocycles. The lowest BCUT2D eigenvalue weighted by atomic mass is 10.0. The fourth-order valence-electron chi connectivity index (χ4n) is 2.98. The summed E-state index contributed by atoms with van der Waals surface area (Å²) >= 11 is 0. The second-order valence-electron chi connectivity index (χ2n) is 7.23. The second-order valence-corrected chi connectivity index (χ2v) is 8.47. The van der Waals surface area contributed by atoms with E-state index in [2.05, 4.69) is 16.8 Å². The van der Waals surface area contributed by atoms with Crippen LogP contribution in [0.4, 0.5) is 0 Å². The standard InChI is InChI=1S/C19H40NO6P/c1-2-3-4-5-6-7-8-9-10-11-12-13-14-15-16-20-18(19(21)22)17-26-27(23,24)25/h18,20H,2-17H2,1H3,(H,21,22)(H2,23,24,25). The third-order valence-corrected chi connectivity index (χ3v) is 5.11. The van der Waals surface area contributed by atoms with Crippen molar-refractivity contribution in [3.8, 4) is 0 Å². The van der Waals surface area contributed by atoms with Crippen molar-refractivity contribution in [2.75, 3.05) is 13.2 Å². The van der Waals surface area contributed by atoms with Gasteiger partial charge in [-0.3, -0.25) is 9.32 Å². The van der Waals surface area contributed by atoms with Crippen LogP contribution in [-0.2, 0) is 13.9 Å². The lowest BCUT2D eigenvalue weighted by Crippen LogP contribution is -2.40. The molecule has 0 heterocycles. The smallest absolute Gasteiger partial charge is 0.469 e. The first-order chi connectivity index (χ1) is 12.9. The molecule has 0 fully saturated rings. The van der Waals surface area contributed by atoms with E-state index in [4.69, 9.17) is 14.9 Å². The Hall–Kier alpha value is -0.460. The molecule has 0 saturated carbocycles. The summed E-state index contributed by atoms with van der Waals surface area (Å²) in [5.41, 5.74) is 0. The van der Waals surface area contributed by atoms with Crippen LogP contribution < -0.4 is 5.32 Å². The molecule has 0 amide bonds. The summed E-state index contributed by atoms with van der Waals surface area (Å²) in [5, 5.41) is 11.8. The van der Waals surface area contributed by atoms with Crippen LogP contribution in [0, 0.1) is 0 Å². The molecule has 0 bridgehead atoms. The summed E-state index contributed by atoms with van der Waals surface area (Å²) in [7, 11) is -4.64. The van der Waals surface area contributed by atoms with Gasteiger partial charge in [0, 0.05) is 0 Å². The Morgan fingerprint density at radius 1 is 0.852 bits per heavy atom. The van der Waals surface area contributed by atoms with Crippen LogP contribution in [0.3, 0.4) is 0 Å². The number of unbranched alkanes of at least 4 members (excludes halogenated alkanes) is 13. The van der Waals surface area contributed by atoms with Gasteiger partial charge >= 0.3 is 13.8 Å². The number of rotatable bonds is 20. The van der Waals surface area contributed by atoms with Crippen LogP contribution in [0.15, 0.2) is 0 Å². The molecule has 0 aliphatic heterocycles. The van der Waals surface area contributed by atoms with Crippen LogP contribution >= 0.6 is 7.82 Å². The maximum Gasteiger partial charge on any atom is 0.469 e. The van der Waals surface area contributed by atoms with Gasteiger partial charge < -0.3 is 20.2 Å². The zero-order valence-corrected chi connectivity index (χ0v) is 17.8. The highest BCUT2D eigenvalue weighted by Crippen LogP contribution is 2.35. The zero-order valence-electron chi connectivity index (χ0n) is 16.9. The summed E-state index contributed by atoms with van der Waals surface area (Å²) in [6.07, 6.45) is 17.6. The average Bonchev–Trinajstić information content (AvgIpc) is 2.59. The normalized spacial score (nSPS) is 13.0. The molecule has 0 aromatic heterocycles. The van der Waals surface area contributed by atoms with Crippen molar-refractivity contribution in [1.82, 2.24) is 5.32 Å². The topological polar surface area (TPSA) is 116 Å². The highest BCUT2D eigenvalue weighted by Gasteiger charge is 2.22. The Morgan fingerprint density at radius 2 is 1.26 bits per heavy atom. The van der Waals surface area contributed by atoms with Crippen molar-refractivity contribution in [1.29, 1.82) is 0 Å². The van der Waals surface area contributed by atoms with Crippen LogP contribution in [0.2, 0.25) is 0 Å². The third kappa shape index (κ3) is 20.1. The summed E-state index contributed by atoms with van der Waals surface area (Å²) < 4.78 is 14.9. The number of aliphatic carboxylic acids is 1. The number of hydrogen-bond acceptors (Lipinski definition) is 4. The first kappa shape index (κ1) is 26.5. The summed E-state index contributed by atoms with van der Waals surface area (Å²) in [6.45, 7) is 2.20. The van der Waals surface area contributed by atoms with Crippen LogP contribution in [0.5, 0.6) is 0 Å². The first-order valence-electron chi connectivity index (χ1n) is 10.5.